The molecule has 1 atom stereocenters. The highest BCUT2D eigenvalue weighted by atomic mass is 19.4. The van der Waals surface area contributed by atoms with Crippen LogP contribution in [-0.4, -0.2) is 12.6 Å². The average Bonchev–Trinajstić information content (AvgIpc) is 2.27. The minimum absolute atomic E-state index is 0.105. The van der Waals surface area contributed by atoms with E-state index in [1.165, 1.54) is 6.92 Å². The number of carbonyl (C=O) groups excluding carboxylic acids is 1. The highest BCUT2D eigenvalue weighted by molar-refractivity contribution is 5.76. The van der Waals surface area contributed by atoms with E-state index in [1.807, 2.05) is 0 Å². The molecule has 0 spiro atoms. The Labute approximate surface area is 99.4 Å². The Balaban J connectivity index is 3.09. The SMILES string of the molecule is CCOC(=O)C(F)c1ccc(F)c(C(F)(F)F)c1. The summed E-state index contributed by atoms with van der Waals surface area (Å²) >= 11 is 0. The molecule has 0 aromatic heterocycles. The van der Waals surface area contributed by atoms with Crippen LogP contribution >= 0.6 is 0 Å². The predicted octanol–water partition coefficient (Wildman–Crippen LogP) is 3.42. The van der Waals surface area contributed by atoms with Crippen LogP contribution in [0.5, 0.6) is 0 Å². The normalized spacial score (nSPS) is 13.2. The molecule has 2 nitrogen and oxygen atoms in total. The summed E-state index contributed by atoms with van der Waals surface area (Å²) in [5.41, 5.74) is -2.21. The first-order valence-corrected chi connectivity index (χ1v) is 4.94. The first-order chi connectivity index (χ1) is 8.27. The Bertz CT molecular complexity index is 442. The summed E-state index contributed by atoms with van der Waals surface area (Å²) in [6, 6.07) is 1.49. The lowest BCUT2D eigenvalue weighted by atomic mass is 10.1. The molecular formula is C11H9F5O2. The van der Waals surface area contributed by atoms with Gasteiger partial charge in [0.15, 0.2) is 0 Å². The smallest absolute Gasteiger partial charge is 0.419 e. The highest BCUT2D eigenvalue weighted by Crippen LogP contribution is 2.33. The van der Waals surface area contributed by atoms with E-state index in [9.17, 15) is 26.7 Å². The van der Waals surface area contributed by atoms with Crippen LogP contribution < -0.4 is 0 Å². The van der Waals surface area contributed by atoms with Crippen LogP contribution in [0.3, 0.4) is 0 Å². The third-order valence-electron chi connectivity index (χ3n) is 2.08. The van der Waals surface area contributed by atoms with Gasteiger partial charge in [-0.25, -0.2) is 13.6 Å². The molecule has 0 saturated carbocycles. The summed E-state index contributed by atoms with van der Waals surface area (Å²) in [6.07, 6.45) is -7.32. The summed E-state index contributed by atoms with van der Waals surface area (Å²) in [5.74, 6) is -2.83. The number of esters is 1. The zero-order valence-corrected chi connectivity index (χ0v) is 9.22. The summed E-state index contributed by atoms with van der Waals surface area (Å²) in [6.45, 7) is 1.32. The molecule has 100 valence electrons. The van der Waals surface area contributed by atoms with Crippen molar-refractivity contribution < 1.29 is 31.5 Å². The molecule has 18 heavy (non-hydrogen) atoms. The van der Waals surface area contributed by atoms with Gasteiger partial charge in [0, 0.05) is 0 Å². The van der Waals surface area contributed by atoms with Gasteiger partial charge in [0.1, 0.15) is 5.82 Å². The van der Waals surface area contributed by atoms with Crippen molar-refractivity contribution in [2.24, 2.45) is 0 Å². The number of rotatable bonds is 3. The van der Waals surface area contributed by atoms with Gasteiger partial charge in [-0.05, 0) is 24.6 Å². The van der Waals surface area contributed by atoms with Gasteiger partial charge in [0.2, 0.25) is 6.17 Å². The topological polar surface area (TPSA) is 26.3 Å². The molecule has 1 aromatic rings. The first kappa shape index (κ1) is 14.4. The summed E-state index contributed by atoms with van der Waals surface area (Å²) in [4.78, 5) is 11.0. The third-order valence-corrected chi connectivity index (χ3v) is 2.08. The van der Waals surface area contributed by atoms with E-state index >= 15 is 0 Å². The fourth-order valence-corrected chi connectivity index (χ4v) is 1.27. The molecule has 0 bridgehead atoms. The van der Waals surface area contributed by atoms with Crippen LogP contribution in [0.1, 0.15) is 24.2 Å². The Hall–Kier alpha value is -1.66. The highest BCUT2D eigenvalue weighted by Gasteiger charge is 2.35. The maximum atomic E-state index is 13.5. The molecule has 0 amide bonds. The van der Waals surface area contributed by atoms with Gasteiger partial charge < -0.3 is 4.74 Å². The Morgan fingerprint density at radius 2 is 2.00 bits per heavy atom. The summed E-state index contributed by atoms with van der Waals surface area (Å²) in [5, 5.41) is 0. The third kappa shape index (κ3) is 3.18. The molecular weight excluding hydrogens is 259 g/mol. The number of alkyl halides is 4. The number of hydrogen-bond donors (Lipinski definition) is 0. The quantitative estimate of drug-likeness (QED) is 0.620. The van der Waals surface area contributed by atoms with E-state index in [0.717, 1.165) is 6.07 Å². The Morgan fingerprint density at radius 3 is 2.50 bits per heavy atom. The molecule has 0 aliphatic carbocycles. The standard InChI is InChI=1S/C11H9F5O2/c1-2-18-10(17)9(13)6-3-4-8(12)7(5-6)11(14,15)16/h3-5,9H,2H2,1H3. The fraction of sp³-hybridized carbons (Fsp3) is 0.364. The largest absolute Gasteiger partial charge is 0.464 e. The molecule has 0 aliphatic rings. The van der Waals surface area contributed by atoms with Crippen LogP contribution in [0.15, 0.2) is 18.2 Å². The first-order valence-electron chi connectivity index (χ1n) is 4.94. The fourth-order valence-electron chi connectivity index (χ4n) is 1.27. The molecule has 0 fully saturated rings. The van der Waals surface area contributed by atoms with Gasteiger partial charge in [0.25, 0.3) is 0 Å². The van der Waals surface area contributed by atoms with Crippen molar-refractivity contribution in [2.45, 2.75) is 19.3 Å². The minimum Gasteiger partial charge on any atom is -0.464 e. The molecule has 0 radical (unpaired) electrons. The van der Waals surface area contributed by atoms with Crippen molar-refractivity contribution in [2.75, 3.05) is 6.61 Å². The lowest BCUT2D eigenvalue weighted by Crippen LogP contribution is -2.14. The average molecular weight is 268 g/mol. The number of carbonyl (C=O) groups is 1. The van der Waals surface area contributed by atoms with Crippen LogP contribution in [0.4, 0.5) is 22.0 Å². The van der Waals surface area contributed by atoms with Crippen LogP contribution in [0, 0.1) is 5.82 Å². The second-order valence-corrected chi connectivity index (χ2v) is 3.35. The molecule has 7 heteroatoms. The maximum absolute atomic E-state index is 13.5. The number of benzene rings is 1. The van der Waals surface area contributed by atoms with Crippen molar-refractivity contribution in [3.8, 4) is 0 Å². The van der Waals surface area contributed by atoms with E-state index in [-0.39, 0.29) is 12.7 Å². The zero-order valence-electron chi connectivity index (χ0n) is 9.22. The Morgan fingerprint density at radius 1 is 1.39 bits per heavy atom. The molecule has 0 heterocycles. The number of halogens is 5. The number of ether oxygens (including phenoxy) is 1. The van der Waals surface area contributed by atoms with Gasteiger partial charge in [-0.1, -0.05) is 6.07 Å². The second-order valence-electron chi connectivity index (χ2n) is 3.35. The van der Waals surface area contributed by atoms with E-state index in [2.05, 4.69) is 4.74 Å². The van der Waals surface area contributed by atoms with Crippen molar-refractivity contribution in [3.63, 3.8) is 0 Å². The van der Waals surface area contributed by atoms with Crippen LogP contribution in [0.25, 0.3) is 0 Å². The van der Waals surface area contributed by atoms with Gasteiger partial charge >= 0.3 is 12.1 Å². The predicted molar refractivity (Wildman–Crippen MR) is 51.9 cm³/mol. The van der Waals surface area contributed by atoms with Crippen molar-refractivity contribution >= 4 is 5.97 Å². The lowest BCUT2D eigenvalue weighted by molar-refractivity contribution is -0.149. The molecule has 1 unspecified atom stereocenters. The van der Waals surface area contributed by atoms with Gasteiger partial charge in [-0.15, -0.1) is 0 Å². The van der Waals surface area contributed by atoms with E-state index < -0.39 is 35.3 Å². The van der Waals surface area contributed by atoms with Gasteiger partial charge in [0.05, 0.1) is 12.2 Å². The number of hydrogen-bond acceptors (Lipinski definition) is 2. The van der Waals surface area contributed by atoms with Gasteiger partial charge in [-0.3, -0.25) is 0 Å². The zero-order chi connectivity index (χ0) is 13.9. The Kier molecular flexibility index (Phi) is 4.26. The molecule has 0 saturated heterocycles. The lowest BCUT2D eigenvalue weighted by Gasteiger charge is -2.12. The summed E-state index contributed by atoms with van der Waals surface area (Å²) in [7, 11) is 0. The van der Waals surface area contributed by atoms with E-state index in [4.69, 9.17) is 0 Å². The second kappa shape index (κ2) is 5.32. The van der Waals surface area contributed by atoms with Crippen molar-refractivity contribution in [1.29, 1.82) is 0 Å². The van der Waals surface area contributed by atoms with Gasteiger partial charge in [-0.2, -0.15) is 13.2 Å². The van der Waals surface area contributed by atoms with Crippen LogP contribution in [-0.2, 0) is 15.7 Å². The molecule has 1 aromatic carbocycles. The molecule has 0 N–H and O–H groups in total. The van der Waals surface area contributed by atoms with E-state index in [0.29, 0.717) is 6.07 Å². The molecule has 1 rings (SSSR count). The van der Waals surface area contributed by atoms with Crippen LogP contribution in [0.2, 0.25) is 0 Å². The maximum Gasteiger partial charge on any atom is 0.419 e. The van der Waals surface area contributed by atoms with Crippen molar-refractivity contribution in [1.82, 2.24) is 0 Å². The van der Waals surface area contributed by atoms with E-state index in [1.54, 1.807) is 0 Å². The summed E-state index contributed by atoms with van der Waals surface area (Å²) < 4.78 is 67.8. The molecule has 0 aliphatic heterocycles. The minimum atomic E-state index is -4.95. The monoisotopic (exact) mass is 268 g/mol. The van der Waals surface area contributed by atoms with Crippen molar-refractivity contribution in [3.05, 3.63) is 35.1 Å².